The quantitative estimate of drug-likeness (QED) is 0.871. The molecule has 7 heteroatoms. The van der Waals surface area contributed by atoms with Crippen LogP contribution in [-0.2, 0) is 10.9 Å². The minimum Gasteiger partial charge on any atom is -0.478 e. The molecule has 23 heavy (non-hydrogen) atoms. The highest BCUT2D eigenvalue weighted by atomic mass is 19.4. The van der Waals surface area contributed by atoms with Crippen molar-refractivity contribution in [2.24, 2.45) is 0 Å². The number of carbonyl (C=O) groups is 2. The lowest BCUT2D eigenvalue weighted by molar-refractivity contribution is -0.137. The van der Waals surface area contributed by atoms with E-state index in [-0.39, 0.29) is 11.1 Å². The predicted octanol–water partition coefficient (Wildman–Crippen LogP) is 3.86. The predicted molar refractivity (Wildman–Crippen MR) is 75.2 cm³/mol. The zero-order valence-corrected chi connectivity index (χ0v) is 11.8. The number of halogens is 3. The van der Waals surface area contributed by atoms with Gasteiger partial charge in [-0.25, -0.2) is 9.59 Å². The summed E-state index contributed by atoms with van der Waals surface area (Å²) in [4.78, 5) is 22.4. The van der Waals surface area contributed by atoms with E-state index in [4.69, 9.17) is 5.11 Å². The standard InChI is InChI=1S/C16H11F3O4/c1-23-15(22)10-4-2-9(3-5-10)11-6-12(14(20)21)8-13(7-11)16(17,18)19/h2-8H,1H3,(H,20,21). The fourth-order valence-corrected chi connectivity index (χ4v) is 2.00. The average molecular weight is 324 g/mol. The Morgan fingerprint density at radius 3 is 2.04 bits per heavy atom. The molecule has 1 N–H and O–H groups in total. The summed E-state index contributed by atoms with van der Waals surface area (Å²) in [5.74, 6) is -2.03. The number of carbonyl (C=O) groups excluding carboxylic acids is 1. The summed E-state index contributed by atoms with van der Waals surface area (Å²) in [7, 11) is 1.21. The number of benzene rings is 2. The monoisotopic (exact) mass is 324 g/mol. The second-order valence-corrected chi connectivity index (χ2v) is 4.67. The maximum Gasteiger partial charge on any atom is 0.416 e. The van der Waals surface area contributed by atoms with E-state index < -0.39 is 29.2 Å². The first kappa shape index (κ1) is 16.5. The molecule has 0 saturated carbocycles. The Bertz CT molecular complexity index is 749. The van der Waals surface area contributed by atoms with Crippen molar-refractivity contribution in [1.29, 1.82) is 0 Å². The lowest BCUT2D eigenvalue weighted by Gasteiger charge is -2.11. The number of rotatable bonds is 3. The van der Waals surface area contributed by atoms with Gasteiger partial charge in [-0.15, -0.1) is 0 Å². The molecule has 0 spiro atoms. The van der Waals surface area contributed by atoms with E-state index in [1.54, 1.807) is 0 Å². The Kier molecular flexibility index (Phi) is 4.40. The summed E-state index contributed by atoms with van der Waals surface area (Å²) in [6.45, 7) is 0. The van der Waals surface area contributed by atoms with Crippen molar-refractivity contribution >= 4 is 11.9 Å². The van der Waals surface area contributed by atoms with E-state index in [0.717, 1.165) is 12.1 Å². The molecule has 0 amide bonds. The molecule has 0 aliphatic heterocycles. The summed E-state index contributed by atoms with van der Waals surface area (Å²) in [5.41, 5.74) is -0.835. The van der Waals surface area contributed by atoms with Crippen LogP contribution < -0.4 is 0 Å². The zero-order chi connectivity index (χ0) is 17.2. The number of hydrogen-bond donors (Lipinski definition) is 1. The van der Waals surface area contributed by atoms with Crippen LogP contribution in [0.15, 0.2) is 42.5 Å². The van der Waals surface area contributed by atoms with Crippen LogP contribution >= 0.6 is 0 Å². The van der Waals surface area contributed by atoms with Crippen LogP contribution in [0.1, 0.15) is 26.3 Å². The third kappa shape index (κ3) is 3.68. The van der Waals surface area contributed by atoms with Crippen LogP contribution in [-0.4, -0.2) is 24.2 Å². The van der Waals surface area contributed by atoms with Crippen molar-refractivity contribution in [3.05, 3.63) is 59.2 Å². The van der Waals surface area contributed by atoms with Gasteiger partial charge in [-0.05, 0) is 41.5 Å². The number of ether oxygens (including phenoxy) is 1. The maximum absolute atomic E-state index is 12.9. The van der Waals surface area contributed by atoms with E-state index >= 15 is 0 Å². The van der Waals surface area contributed by atoms with Gasteiger partial charge in [-0.1, -0.05) is 12.1 Å². The van der Waals surface area contributed by atoms with Crippen LogP contribution in [0.5, 0.6) is 0 Å². The molecule has 2 rings (SSSR count). The van der Waals surface area contributed by atoms with E-state index in [9.17, 15) is 22.8 Å². The second kappa shape index (κ2) is 6.12. The molecule has 0 heterocycles. The molecular weight excluding hydrogens is 313 g/mol. The molecule has 0 aliphatic carbocycles. The molecule has 0 atom stereocenters. The van der Waals surface area contributed by atoms with Crippen molar-refractivity contribution < 1.29 is 32.6 Å². The minimum atomic E-state index is -4.66. The fourth-order valence-electron chi connectivity index (χ4n) is 2.00. The Morgan fingerprint density at radius 1 is 0.957 bits per heavy atom. The van der Waals surface area contributed by atoms with Crippen molar-refractivity contribution in [2.75, 3.05) is 7.11 Å². The van der Waals surface area contributed by atoms with Gasteiger partial charge in [0, 0.05) is 0 Å². The van der Waals surface area contributed by atoms with Gasteiger partial charge in [0.1, 0.15) is 0 Å². The maximum atomic E-state index is 12.9. The number of carboxylic acid groups (broad SMARTS) is 1. The lowest BCUT2D eigenvalue weighted by atomic mass is 9.98. The van der Waals surface area contributed by atoms with E-state index in [0.29, 0.717) is 11.6 Å². The molecular formula is C16H11F3O4. The van der Waals surface area contributed by atoms with Crippen molar-refractivity contribution in [1.82, 2.24) is 0 Å². The molecule has 0 aromatic heterocycles. The van der Waals surface area contributed by atoms with Crippen LogP contribution in [0.25, 0.3) is 11.1 Å². The van der Waals surface area contributed by atoms with Gasteiger partial charge < -0.3 is 9.84 Å². The third-order valence-corrected chi connectivity index (χ3v) is 3.15. The first-order chi connectivity index (χ1) is 10.7. The van der Waals surface area contributed by atoms with Gasteiger partial charge in [0.15, 0.2) is 0 Å². The first-order valence-electron chi connectivity index (χ1n) is 6.36. The fraction of sp³-hybridized carbons (Fsp3) is 0.125. The van der Waals surface area contributed by atoms with E-state index in [1.807, 2.05) is 0 Å². The van der Waals surface area contributed by atoms with Crippen LogP contribution in [0.2, 0.25) is 0 Å². The smallest absolute Gasteiger partial charge is 0.416 e. The summed E-state index contributed by atoms with van der Waals surface area (Å²) >= 11 is 0. The molecule has 4 nitrogen and oxygen atoms in total. The summed E-state index contributed by atoms with van der Waals surface area (Å²) < 4.78 is 43.2. The van der Waals surface area contributed by atoms with Crippen LogP contribution in [0, 0.1) is 0 Å². The molecule has 2 aromatic carbocycles. The third-order valence-electron chi connectivity index (χ3n) is 3.15. The largest absolute Gasteiger partial charge is 0.478 e. The first-order valence-corrected chi connectivity index (χ1v) is 6.36. The lowest BCUT2D eigenvalue weighted by Crippen LogP contribution is -2.08. The molecule has 0 radical (unpaired) electrons. The van der Waals surface area contributed by atoms with Gasteiger partial charge >= 0.3 is 18.1 Å². The van der Waals surface area contributed by atoms with Crippen molar-refractivity contribution in [3.8, 4) is 11.1 Å². The molecule has 2 aromatic rings. The topological polar surface area (TPSA) is 63.6 Å². The Morgan fingerprint density at radius 2 is 1.57 bits per heavy atom. The zero-order valence-electron chi connectivity index (χ0n) is 11.8. The van der Waals surface area contributed by atoms with Crippen LogP contribution in [0.3, 0.4) is 0 Å². The van der Waals surface area contributed by atoms with Gasteiger partial charge in [0.25, 0.3) is 0 Å². The SMILES string of the molecule is COC(=O)c1ccc(-c2cc(C(=O)O)cc(C(F)(F)F)c2)cc1. The number of methoxy groups -OCH3 is 1. The number of esters is 1. The number of alkyl halides is 3. The van der Waals surface area contributed by atoms with Gasteiger partial charge in [0.05, 0.1) is 23.8 Å². The number of carboxylic acids is 1. The second-order valence-electron chi connectivity index (χ2n) is 4.67. The van der Waals surface area contributed by atoms with Gasteiger partial charge in [-0.2, -0.15) is 13.2 Å². The highest BCUT2D eigenvalue weighted by Crippen LogP contribution is 2.33. The van der Waals surface area contributed by atoms with Crippen molar-refractivity contribution in [2.45, 2.75) is 6.18 Å². The summed E-state index contributed by atoms with van der Waals surface area (Å²) in [5, 5.41) is 8.97. The molecule has 0 bridgehead atoms. The van der Waals surface area contributed by atoms with Crippen LogP contribution in [0.4, 0.5) is 13.2 Å². The average Bonchev–Trinajstić information content (AvgIpc) is 2.53. The van der Waals surface area contributed by atoms with Gasteiger partial charge in [0.2, 0.25) is 0 Å². The molecule has 120 valence electrons. The number of aromatic carboxylic acids is 1. The summed E-state index contributed by atoms with van der Waals surface area (Å²) in [6, 6.07) is 8.21. The molecule has 0 aliphatic rings. The Labute approximate surface area is 129 Å². The molecule has 0 fully saturated rings. The molecule has 0 unspecified atom stereocenters. The summed E-state index contributed by atoms with van der Waals surface area (Å²) in [6.07, 6.45) is -4.66. The van der Waals surface area contributed by atoms with E-state index in [1.165, 1.54) is 31.4 Å². The van der Waals surface area contributed by atoms with E-state index in [2.05, 4.69) is 4.74 Å². The number of hydrogen-bond acceptors (Lipinski definition) is 3. The Hall–Kier alpha value is -2.83. The molecule has 0 saturated heterocycles. The van der Waals surface area contributed by atoms with Crippen molar-refractivity contribution in [3.63, 3.8) is 0 Å². The minimum absolute atomic E-state index is 0.0913. The van der Waals surface area contributed by atoms with Gasteiger partial charge in [-0.3, -0.25) is 0 Å². The highest BCUT2D eigenvalue weighted by Gasteiger charge is 2.32. The highest BCUT2D eigenvalue weighted by molar-refractivity contribution is 5.91. The Balaban J connectivity index is 2.52. The normalized spacial score (nSPS) is 11.1.